The van der Waals surface area contributed by atoms with E-state index < -0.39 is 11.9 Å². The monoisotopic (exact) mass is 357 g/mol. The second-order valence-corrected chi connectivity index (χ2v) is 6.35. The molecule has 0 saturated carbocycles. The van der Waals surface area contributed by atoms with Gasteiger partial charge in [-0.1, -0.05) is 17.7 Å². The van der Waals surface area contributed by atoms with Gasteiger partial charge in [0, 0.05) is 29.2 Å². The van der Waals surface area contributed by atoms with Crippen molar-refractivity contribution in [2.75, 3.05) is 11.4 Å². The quantitative estimate of drug-likeness (QED) is 0.478. The molecule has 3 rings (SSSR count). The van der Waals surface area contributed by atoms with E-state index in [1.807, 2.05) is 19.1 Å². The van der Waals surface area contributed by atoms with E-state index in [0.29, 0.717) is 28.3 Å². The maximum absolute atomic E-state index is 12.3. The van der Waals surface area contributed by atoms with Crippen molar-refractivity contribution in [2.45, 2.75) is 13.3 Å². The lowest BCUT2D eigenvalue weighted by atomic mass is 10.1. The van der Waals surface area contributed by atoms with Gasteiger partial charge in [-0.2, -0.15) is 0 Å². The number of hydrogen-bond donors (Lipinski definition) is 0. The smallest absolute Gasteiger partial charge is 0.316 e. The van der Waals surface area contributed by atoms with Gasteiger partial charge in [0.15, 0.2) is 0 Å². The van der Waals surface area contributed by atoms with Gasteiger partial charge in [-0.05, 0) is 48.9 Å². The van der Waals surface area contributed by atoms with Crippen LogP contribution in [0.2, 0.25) is 5.02 Å². The summed E-state index contributed by atoms with van der Waals surface area (Å²) in [6, 6.07) is 11.6. The van der Waals surface area contributed by atoms with Crippen molar-refractivity contribution in [1.82, 2.24) is 0 Å². The van der Waals surface area contributed by atoms with Crippen LogP contribution >= 0.6 is 11.6 Å². The van der Waals surface area contributed by atoms with Crippen LogP contribution in [0.25, 0.3) is 0 Å². The Kier molecular flexibility index (Phi) is 4.86. The second-order valence-electron chi connectivity index (χ2n) is 5.95. The van der Waals surface area contributed by atoms with E-state index in [1.54, 1.807) is 35.2 Å². The number of aryl methyl sites for hydroxylation is 1. The van der Waals surface area contributed by atoms with E-state index in [9.17, 15) is 14.4 Å². The molecule has 1 fully saturated rings. The van der Waals surface area contributed by atoms with E-state index in [-0.39, 0.29) is 18.9 Å². The summed E-state index contributed by atoms with van der Waals surface area (Å²) in [5.41, 5.74) is 2.09. The average molecular weight is 358 g/mol. The van der Waals surface area contributed by atoms with Crippen LogP contribution in [0.4, 0.5) is 5.69 Å². The first kappa shape index (κ1) is 17.2. The third-order valence-electron chi connectivity index (χ3n) is 4.16. The first-order valence-electron chi connectivity index (χ1n) is 7.81. The maximum Gasteiger partial charge on any atom is 0.316 e. The molecule has 1 amide bonds. The Morgan fingerprint density at radius 3 is 2.60 bits per heavy atom. The highest BCUT2D eigenvalue weighted by atomic mass is 35.5. The Balaban J connectivity index is 1.69. The fourth-order valence-electron chi connectivity index (χ4n) is 2.68. The number of carbonyl (C=O) groups is 3. The van der Waals surface area contributed by atoms with Crippen molar-refractivity contribution in [3.05, 3.63) is 58.6 Å². The van der Waals surface area contributed by atoms with Crippen LogP contribution in [-0.2, 0) is 9.59 Å². The third kappa shape index (κ3) is 3.72. The number of hydrogen-bond acceptors (Lipinski definition) is 4. The van der Waals surface area contributed by atoms with E-state index >= 15 is 0 Å². The molecule has 128 valence electrons. The number of ether oxygens (including phenoxy) is 1. The number of nitrogens with zero attached hydrogens (tertiary/aromatic N) is 1. The predicted octanol–water partition coefficient (Wildman–Crippen LogP) is 3.42. The van der Waals surface area contributed by atoms with Crippen LogP contribution in [0, 0.1) is 12.8 Å². The molecule has 1 aliphatic heterocycles. The molecule has 25 heavy (non-hydrogen) atoms. The molecule has 2 aromatic rings. The average Bonchev–Trinajstić information content (AvgIpc) is 3.00. The molecular weight excluding hydrogens is 342 g/mol. The van der Waals surface area contributed by atoms with Gasteiger partial charge in [0.25, 0.3) is 0 Å². The van der Waals surface area contributed by atoms with Crippen molar-refractivity contribution in [3.63, 3.8) is 0 Å². The van der Waals surface area contributed by atoms with Crippen LogP contribution in [0.1, 0.15) is 22.3 Å². The van der Waals surface area contributed by atoms with E-state index in [4.69, 9.17) is 16.3 Å². The minimum Gasteiger partial charge on any atom is -0.426 e. The number of amides is 1. The SMILES string of the molecule is Cc1ccc(N2C[C@@H](C(=O)Oc3ccc(C=O)cc3)CC2=O)cc1Cl. The first-order chi connectivity index (χ1) is 12.0. The lowest BCUT2D eigenvalue weighted by Crippen LogP contribution is -2.27. The summed E-state index contributed by atoms with van der Waals surface area (Å²) < 4.78 is 5.31. The van der Waals surface area contributed by atoms with Crippen LogP contribution in [-0.4, -0.2) is 24.7 Å². The van der Waals surface area contributed by atoms with Gasteiger partial charge in [0.1, 0.15) is 12.0 Å². The molecule has 0 aromatic heterocycles. The second kappa shape index (κ2) is 7.07. The van der Waals surface area contributed by atoms with Crippen LogP contribution in [0.3, 0.4) is 0 Å². The minimum absolute atomic E-state index is 0.0940. The zero-order valence-electron chi connectivity index (χ0n) is 13.6. The third-order valence-corrected chi connectivity index (χ3v) is 4.57. The lowest BCUT2D eigenvalue weighted by Gasteiger charge is -2.17. The molecule has 5 nitrogen and oxygen atoms in total. The highest BCUT2D eigenvalue weighted by Crippen LogP contribution is 2.29. The van der Waals surface area contributed by atoms with E-state index in [2.05, 4.69) is 0 Å². The standard InChI is InChI=1S/C19H16ClNO4/c1-12-2-5-15(9-17(12)20)21-10-14(8-18(21)23)19(24)25-16-6-3-13(11-22)4-7-16/h2-7,9,11,14H,8,10H2,1H3/t14-/m0/s1. The zero-order valence-corrected chi connectivity index (χ0v) is 14.3. The summed E-state index contributed by atoms with van der Waals surface area (Å²) in [5.74, 6) is -0.802. The molecule has 6 heteroatoms. The molecule has 1 saturated heterocycles. The van der Waals surface area contributed by atoms with Crippen LogP contribution in [0.15, 0.2) is 42.5 Å². The molecular formula is C19H16ClNO4. The number of anilines is 1. The van der Waals surface area contributed by atoms with Gasteiger partial charge < -0.3 is 9.64 Å². The summed E-state index contributed by atoms with van der Waals surface area (Å²) in [7, 11) is 0. The molecule has 0 radical (unpaired) electrons. The Hall–Kier alpha value is -2.66. The van der Waals surface area contributed by atoms with Crippen LogP contribution in [0.5, 0.6) is 5.75 Å². The molecule has 0 spiro atoms. The minimum atomic E-state index is -0.543. The number of halogens is 1. The topological polar surface area (TPSA) is 63.7 Å². The van der Waals surface area contributed by atoms with E-state index in [1.165, 1.54) is 0 Å². The zero-order chi connectivity index (χ0) is 18.0. The molecule has 1 aliphatic rings. The van der Waals surface area contributed by atoms with E-state index in [0.717, 1.165) is 5.56 Å². The molecule has 2 aromatic carbocycles. The number of aldehydes is 1. The Morgan fingerprint density at radius 2 is 1.96 bits per heavy atom. The maximum atomic E-state index is 12.3. The molecule has 0 unspecified atom stereocenters. The highest BCUT2D eigenvalue weighted by Gasteiger charge is 2.36. The fraction of sp³-hybridized carbons (Fsp3) is 0.211. The van der Waals surface area contributed by atoms with Crippen molar-refractivity contribution in [1.29, 1.82) is 0 Å². The number of carbonyl (C=O) groups excluding carboxylic acids is 3. The van der Waals surface area contributed by atoms with Gasteiger partial charge in [0.2, 0.25) is 5.91 Å². The van der Waals surface area contributed by atoms with Crippen molar-refractivity contribution in [3.8, 4) is 5.75 Å². The molecule has 0 bridgehead atoms. The summed E-state index contributed by atoms with van der Waals surface area (Å²) in [6.07, 6.45) is 0.808. The summed E-state index contributed by atoms with van der Waals surface area (Å²) in [5, 5.41) is 0.576. The Bertz CT molecular complexity index is 832. The highest BCUT2D eigenvalue weighted by molar-refractivity contribution is 6.31. The molecule has 0 N–H and O–H groups in total. The van der Waals surface area contributed by atoms with Gasteiger partial charge >= 0.3 is 5.97 Å². The fourth-order valence-corrected chi connectivity index (χ4v) is 2.85. The number of benzene rings is 2. The number of esters is 1. The summed E-state index contributed by atoms with van der Waals surface area (Å²) in [4.78, 5) is 36.8. The van der Waals surface area contributed by atoms with Gasteiger partial charge in [-0.15, -0.1) is 0 Å². The number of rotatable bonds is 4. The van der Waals surface area contributed by atoms with Gasteiger partial charge in [-0.25, -0.2) is 0 Å². The van der Waals surface area contributed by atoms with Gasteiger partial charge in [0.05, 0.1) is 5.92 Å². The largest absolute Gasteiger partial charge is 0.426 e. The molecule has 0 aliphatic carbocycles. The first-order valence-corrected chi connectivity index (χ1v) is 8.19. The molecule has 1 heterocycles. The summed E-state index contributed by atoms with van der Waals surface area (Å²) >= 11 is 6.12. The van der Waals surface area contributed by atoms with Crippen LogP contribution < -0.4 is 9.64 Å². The normalized spacial score (nSPS) is 16.8. The van der Waals surface area contributed by atoms with Crippen molar-refractivity contribution < 1.29 is 19.1 Å². The Labute approximate surface area is 150 Å². The van der Waals surface area contributed by atoms with Gasteiger partial charge in [-0.3, -0.25) is 14.4 Å². The Morgan fingerprint density at radius 1 is 1.24 bits per heavy atom. The summed E-state index contributed by atoms with van der Waals surface area (Å²) in [6.45, 7) is 2.14. The predicted molar refractivity (Wildman–Crippen MR) is 94.1 cm³/mol. The lowest BCUT2D eigenvalue weighted by molar-refractivity contribution is -0.139. The van der Waals surface area contributed by atoms with Crippen molar-refractivity contribution in [2.24, 2.45) is 5.92 Å². The van der Waals surface area contributed by atoms with Crippen molar-refractivity contribution >= 4 is 35.5 Å². The molecule has 1 atom stereocenters.